The van der Waals surface area contributed by atoms with E-state index in [0.29, 0.717) is 10.0 Å². The number of hydrogen-bond acceptors (Lipinski definition) is 2. The summed E-state index contributed by atoms with van der Waals surface area (Å²) in [5.41, 5.74) is 0.788. The molecule has 0 amide bonds. The third kappa shape index (κ3) is 1.89. The van der Waals surface area contributed by atoms with Crippen molar-refractivity contribution in [3.05, 3.63) is 28.0 Å². The lowest BCUT2D eigenvalue weighted by Gasteiger charge is -2.12. The molecule has 1 aromatic rings. The lowest BCUT2D eigenvalue weighted by Crippen LogP contribution is -1.98. The van der Waals surface area contributed by atoms with E-state index in [2.05, 4.69) is 4.98 Å². The molecular formula is C8H9Cl2NO. The zero-order valence-corrected chi connectivity index (χ0v) is 8.36. The van der Waals surface area contributed by atoms with E-state index in [-0.39, 0.29) is 6.10 Å². The standard InChI is InChI=1S/C8H9Cl2NO/c1-5(12-2)8-6(9)3-11-4-7(8)10/h3-5H,1-2H3/t5-/m0/s1. The highest BCUT2D eigenvalue weighted by Gasteiger charge is 2.12. The molecule has 1 rings (SSSR count). The van der Waals surface area contributed by atoms with Crippen LogP contribution < -0.4 is 0 Å². The summed E-state index contributed by atoms with van der Waals surface area (Å²) in [4.78, 5) is 3.84. The van der Waals surface area contributed by atoms with Crippen LogP contribution in [0.2, 0.25) is 10.0 Å². The van der Waals surface area contributed by atoms with E-state index < -0.39 is 0 Å². The fraction of sp³-hybridized carbons (Fsp3) is 0.375. The van der Waals surface area contributed by atoms with E-state index >= 15 is 0 Å². The molecule has 1 aromatic heterocycles. The maximum atomic E-state index is 5.88. The second kappa shape index (κ2) is 4.08. The quantitative estimate of drug-likeness (QED) is 0.741. The highest BCUT2D eigenvalue weighted by atomic mass is 35.5. The number of ether oxygens (including phenoxy) is 1. The molecule has 1 heterocycles. The Bertz CT molecular complexity index is 258. The zero-order valence-electron chi connectivity index (χ0n) is 6.84. The van der Waals surface area contributed by atoms with Crippen LogP contribution in [0.5, 0.6) is 0 Å². The monoisotopic (exact) mass is 205 g/mol. The van der Waals surface area contributed by atoms with E-state index in [0.717, 1.165) is 5.56 Å². The fourth-order valence-electron chi connectivity index (χ4n) is 0.928. The average molecular weight is 206 g/mol. The van der Waals surface area contributed by atoms with E-state index in [1.54, 1.807) is 19.5 Å². The molecule has 12 heavy (non-hydrogen) atoms. The molecule has 0 fully saturated rings. The van der Waals surface area contributed by atoms with Gasteiger partial charge < -0.3 is 4.74 Å². The summed E-state index contributed by atoms with van der Waals surface area (Å²) in [5.74, 6) is 0. The molecule has 4 heteroatoms. The van der Waals surface area contributed by atoms with Gasteiger partial charge in [-0.3, -0.25) is 4.98 Å². The van der Waals surface area contributed by atoms with Crippen molar-refractivity contribution in [2.24, 2.45) is 0 Å². The van der Waals surface area contributed by atoms with Crippen LogP contribution in [0.4, 0.5) is 0 Å². The van der Waals surface area contributed by atoms with Crippen molar-refractivity contribution in [1.29, 1.82) is 0 Å². The largest absolute Gasteiger partial charge is 0.377 e. The molecule has 0 radical (unpaired) electrons. The van der Waals surface area contributed by atoms with Gasteiger partial charge in [0.25, 0.3) is 0 Å². The summed E-state index contributed by atoms with van der Waals surface area (Å²) < 4.78 is 5.10. The van der Waals surface area contributed by atoms with Crippen LogP contribution in [0.1, 0.15) is 18.6 Å². The lowest BCUT2D eigenvalue weighted by molar-refractivity contribution is 0.119. The van der Waals surface area contributed by atoms with E-state index in [1.165, 1.54) is 0 Å². The van der Waals surface area contributed by atoms with Crippen LogP contribution in [0, 0.1) is 0 Å². The minimum absolute atomic E-state index is 0.104. The Hall–Kier alpha value is -0.310. The number of pyridine rings is 1. The van der Waals surface area contributed by atoms with Crippen molar-refractivity contribution in [2.75, 3.05) is 7.11 Å². The first-order chi connectivity index (χ1) is 5.66. The Labute approximate surface area is 81.5 Å². The molecular weight excluding hydrogens is 197 g/mol. The molecule has 0 aliphatic rings. The van der Waals surface area contributed by atoms with Gasteiger partial charge in [0.15, 0.2) is 0 Å². The van der Waals surface area contributed by atoms with Gasteiger partial charge in [-0.25, -0.2) is 0 Å². The van der Waals surface area contributed by atoms with Crippen LogP contribution in [0.15, 0.2) is 12.4 Å². The number of hydrogen-bond donors (Lipinski definition) is 0. The molecule has 1 atom stereocenters. The Morgan fingerprint density at radius 3 is 2.25 bits per heavy atom. The van der Waals surface area contributed by atoms with Crippen molar-refractivity contribution >= 4 is 23.2 Å². The van der Waals surface area contributed by atoms with E-state index in [4.69, 9.17) is 27.9 Å². The van der Waals surface area contributed by atoms with Crippen LogP contribution >= 0.6 is 23.2 Å². The highest BCUT2D eigenvalue weighted by molar-refractivity contribution is 6.35. The van der Waals surface area contributed by atoms with Gasteiger partial charge in [-0.15, -0.1) is 0 Å². The Morgan fingerprint density at radius 1 is 1.33 bits per heavy atom. The number of aromatic nitrogens is 1. The fourth-order valence-corrected chi connectivity index (χ4v) is 1.60. The minimum atomic E-state index is -0.104. The predicted octanol–water partition coefficient (Wildman–Crippen LogP) is 3.10. The SMILES string of the molecule is CO[C@@H](C)c1c(Cl)cncc1Cl. The highest BCUT2D eigenvalue weighted by Crippen LogP contribution is 2.30. The molecule has 0 N–H and O–H groups in total. The van der Waals surface area contributed by atoms with Crippen LogP contribution in [-0.4, -0.2) is 12.1 Å². The smallest absolute Gasteiger partial charge is 0.0823 e. The van der Waals surface area contributed by atoms with Crippen LogP contribution in [0.25, 0.3) is 0 Å². The Kier molecular flexibility index (Phi) is 3.32. The van der Waals surface area contributed by atoms with Gasteiger partial charge in [-0.2, -0.15) is 0 Å². The zero-order chi connectivity index (χ0) is 9.14. The third-order valence-corrected chi connectivity index (χ3v) is 2.25. The van der Waals surface area contributed by atoms with Crippen molar-refractivity contribution in [2.45, 2.75) is 13.0 Å². The molecule has 2 nitrogen and oxygen atoms in total. The molecule has 0 saturated heterocycles. The average Bonchev–Trinajstić information content (AvgIpc) is 2.03. The third-order valence-electron chi connectivity index (χ3n) is 1.65. The van der Waals surface area contributed by atoms with Gasteiger partial charge >= 0.3 is 0 Å². The maximum Gasteiger partial charge on any atom is 0.0823 e. The van der Waals surface area contributed by atoms with Gasteiger partial charge in [0.1, 0.15) is 0 Å². The molecule has 0 spiro atoms. The first-order valence-electron chi connectivity index (χ1n) is 3.48. The number of nitrogens with zero attached hydrogens (tertiary/aromatic N) is 1. The molecule has 66 valence electrons. The van der Waals surface area contributed by atoms with E-state index in [9.17, 15) is 0 Å². The molecule has 0 aliphatic carbocycles. The summed E-state index contributed by atoms with van der Waals surface area (Å²) in [6, 6.07) is 0. The van der Waals surface area contributed by atoms with Crippen molar-refractivity contribution in [3.63, 3.8) is 0 Å². The summed E-state index contributed by atoms with van der Waals surface area (Å²) in [6.07, 6.45) is 3.00. The minimum Gasteiger partial charge on any atom is -0.377 e. The van der Waals surface area contributed by atoms with Crippen LogP contribution in [-0.2, 0) is 4.74 Å². The molecule has 0 bridgehead atoms. The topological polar surface area (TPSA) is 22.1 Å². The lowest BCUT2D eigenvalue weighted by atomic mass is 10.2. The first-order valence-corrected chi connectivity index (χ1v) is 4.24. The first kappa shape index (κ1) is 9.78. The summed E-state index contributed by atoms with van der Waals surface area (Å²) >= 11 is 11.8. The summed E-state index contributed by atoms with van der Waals surface area (Å²) in [6.45, 7) is 1.88. The van der Waals surface area contributed by atoms with Crippen molar-refractivity contribution in [3.8, 4) is 0 Å². The van der Waals surface area contributed by atoms with Gasteiger partial charge in [0.05, 0.1) is 16.1 Å². The predicted molar refractivity (Wildman–Crippen MR) is 49.7 cm³/mol. The molecule has 0 unspecified atom stereocenters. The van der Waals surface area contributed by atoms with Gasteiger partial charge in [-0.1, -0.05) is 23.2 Å². The van der Waals surface area contributed by atoms with Gasteiger partial charge in [0, 0.05) is 25.1 Å². The van der Waals surface area contributed by atoms with Crippen LogP contribution in [0.3, 0.4) is 0 Å². The summed E-state index contributed by atoms with van der Waals surface area (Å²) in [5, 5.41) is 1.08. The summed E-state index contributed by atoms with van der Waals surface area (Å²) in [7, 11) is 1.61. The maximum absolute atomic E-state index is 5.88. The molecule has 0 saturated carbocycles. The van der Waals surface area contributed by atoms with Gasteiger partial charge in [-0.05, 0) is 6.92 Å². The second-order valence-corrected chi connectivity index (χ2v) is 3.21. The Morgan fingerprint density at radius 2 is 1.83 bits per heavy atom. The number of halogens is 2. The number of rotatable bonds is 2. The molecule has 0 aliphatic heterocycles. The van der Waals surface area contributed by atoms with Gasteiger partial charge in [0.2, 0.25) is 0 Å². The van der Waals surface area contributed by atoms with Crippen molar-refractivity contribution < 1.29 is 4.74 Å². The second-order valence-electron chi connectivity index (χ2n) is 2.39. The Balaban J connectivity index is 3.12. The molecule has 0 aromatic carbocycles. The van der Waals surface area contributed by atoms with E-state index in [1.807, 2.05) is 6.92 Å². The number of methoxy groups -OCH3 is 1. The normalized spacial score (nSPS) is 13.0. The van der Waals surface area contributed by atoms with Crippen molar-refractivity contribution in [1.82, 2.24) is 4.98 Å².